The SMILES string of the molecule is Cc1cc(NCCCC2CC2)c(C(N)=S)c(C)n1. The summed E-state index contributed by atoms with van der Waals surface area (Å²) in [5.41, 5.74) is 9.61. The lowest BCUT2D eigenvalue weighted by Crippen LogP contribution is -2.17. The highest BCUT2D eigenvalue weighted by Gasteiger charge is 2.20. The van der Waals surface area contributed by atoms with Gasteiger partial charge in [-0.3, -0.25) is 4.98 Å². The van der Waals surface area contributed by atoms with Crippen molar-refractivity contribution < 1.29 is 0 Å². The molecule has 18 heavy (non-hydrogen) atoms. The van der Waals surface area contributed by atoms with Crippen molar-refractivity contribution in [2.24, 2.45) is 11.7 Å². The van der Waals surface area contributed by atoms with Crippen molar-refractivity contribution in [2.45, 2.75) is 39.5 Å². The Morgan fingerprint density at radius 1 is 1.50 bits per heavy atom. The van der Waals surface area contributed by atoms with Crippen molar-refractivity contribution in [3.63, 3.8) is 0 Å². The first-order valence-corrected chi connectivity index (χ1v) is 7.00. The minimum Gasteiger partial charge on any atom is -0.389 e. The van der Waals surface area contributed by atoms with E-state index in [0.29, 0.717) is 4.99 Å². The lowest BCUT2D eigenvalue weighted by molar-refractivity contribution is 0.687. The Balaban J connectivity index is 2.02. The number of nitrogens with zero attached hydrogens (tertiary/aromatic N) is 1. The first kappa shape index (κ1) is 13.3. The minimum absolute atomic E-state index is 0.421. The molecule has 1 aliphatic carbocycles. The Morgan fingerprint density at radius 2 is 2.22 bits per heavy atom. The fourth-order valence-electron chi connectivity index (χ4n) is 2.30. The van der Waals surface area contributed by atoms with E-state index in [0.717, 1.165) is 35.1 Å². The number of thiocarbonyl (C=S) groups is 1. The van der Waals surface area contributed by atoms with Crippen molar-refractivity contribution in [2.75, 3.05) is 11.9 Å². The Kier molecular flexibility index (Phi) is 4.17. The lowest BCUT2D eigenvalue weighted by atomic mass is 10.1. The van der Waals surface area contributed by atoms with Gasteiger partial charge in [0.1, 0.15) is 4.99 Å². The molecule has 0 atom stereocenters. The standard InChI is InChI=1S/C14H21N3S/c1-9-8-12(13(14(15)18)10(2)17-9)16-7-3-4-11-5-6-11/h8,11H,3-7H2,1-2H3,(H2,15,18)(H,16,17). The molecule has 0 spiro atoms. The molecule has 1 aromatic rings. The highest BCUT2D eigenvalue weighted by Crippen LogP contribution is 2.33. The second-order valence-electron chi connectivity index (χ2n) is 5.15. The fraction of sp³-hybridized carbons (Fsp3) is 0.571. The molecule has 0 bridgehead atoms. The highest BCUT2D eigenvalue weighted by atomic mass is 32.1. The highest BCUT2D eigenvalue weighted by molar-refractivity contribution is 7.80. The van der Waals surface area contributed by atoms with Crippen LogP contribution in [0.2, 0.25) is 0 Å². The maximum Gasteiger partial charge on any atom is 0.107 e. The molecule has 4 heteroatoms. The number of rotatable bonds is 6. The van der Waals surface area contributed by atoms with Crippen molar-refractivity contribution in [3.8, 4) is 0 Å². The van der Waals surface area contributed by atoms with E-state index >= 15 is 0 Å². The predicted octanol–water partition coefficient (Wildman–Crippen LogP) is 2.93. The summed E-state index contributed by atoms with van der Waals surface area (Å²) in [5.74, 6) is 0.989. The summed E-state index contributed by atoms with van der Waals surface area (Å²) in [7, 11) is 0. The van der Waals surface area contributed by atoms with Gasteiger partial charge in [-0.1, -0.05) is 25.1 Å². The zero-order chi connectivity index (χ0) is 13.1. The van der Waals surface area contributed by atoms with Gasteiger partial charge in [0.25, 0.3) is 0 Å². The largest absolute Gasteiger partial charge is 0.389 e. The molecule has 0 amide bonds. The summed E-state index contributed by atoms with van der Waals surface area (Å²) in [5, 5.41) is 3.45. The van der Waals surface area contributed by atoms with E-state index in [-0.39, 0.29) is 0 Å². The molecule has 0 aromatic carbocycles. The van der Waals surface area contributed by atoms with Crippen LogP contribution in [0, 0.1) is 19.8 Å². The molecule has 1 aliphatic rings. The number of nitrogens with one attached hydrogen (secondary N) is 1. The van der Waals surface area contributed by atoms with Gasteiger partial charge in [-0.15, -0.1) is 0 Å². The number of pyridine rings is 1. The van der Waals surface area contributed by atoms with E-state index in [4.69, 9.17) is 18.0 Å². The van der Waals surface area contributed by atoms with Crippen LogP contribution in [0.1, 0.15) is 42.6 Å². The summed E-state index contributed by atoms with van der Waals surface area (Å²) in [6, 6.07) is 2.03. The summed E-state index contributed by atoms with van der Waals surface area (Å²) in [4.78, 5) is 4.84. The lowest BCUT2D eigenvalue weighted by Gasteiger charge is -2.14. The number of aryl methyl sites for hydroxylation is 2. The number of aromatic nitrogens is 1. The molecule has 3 nitrogen and oxygen atoms in total. The Hall–Kier alpha value is -1.16. The van der Waals surface area contributed by atoms with E-state index in [1.807, 2.05) is 19.9 Å². The Bertz CT molecular complexity index is 453. The molecule has 1 heterocycles. The summed E-state index contributed by atoms with van der Waals surface area (Å²) >= 11 is 5.11. The zero-order valence-corrected chi connectivity index (χ0v) is 11.9. The molecule has 2 rings (SSSR count). The maximum atomic E-state index is 5.78. The van der Waals surface area contributed by atoms with E-state index in [1.54, 1.807) is 0 Å². The van der Waals surface area contributed by atoms with Gasteiger partial charge in [0.2, 0.25) is 0 Å². The van der Waals surface area contributed by atoms with Crippen LogP contribution >= 0.6 is 12.2 Å². The van der Waals surface area contributed by atoms with Crippen molar-refractivity contribution in [1.82, 2.24) is 4.98 Å². The van der Waals surface area contributed by atoms with Crippen LogP contribution in [-0.4, -0.2) is 16.5 Å². The average Bonchev–Trinajstić information content (AvgIpc) is 3.06. The van der Waals surface area contributed by atoms with Crippen LogP contribution in [0.5, 0.6) is 0 Å². The molecule has 3 N–H and O–H groups in total. The minimum atomic E-state index is 0.421. The van der Waals surface area contributed by atoms with E-state index in [9.17, 15) is 0 Å². The third-order valence-corrected chi connectivity index (χ3v) is 3.58. The predicted molar refractivity (Wildman–Crippen MR) is 80.0 cm³/mol. The van der Waals surface area contributed by atoms with Crippen molar-refractivity contribution in [1.29, 1.82) is 0 Å². The number of nitrogens with two attached hydrogens (primary N) is 1. The number of hydrogen-bond donors (Lipinski definition) is 2. The second kappa shape index (κ2) is 5.65. The van der Waals surface area contributed by atoms with Crippen molar-refractivity contribution in [3.05, 3.63) is 23.0 Å². The van der Waals surface area contributed by atoms with Gasteiger partial charge in [-0.2, -0.15) is 0 Å². The molecule has 1 fully saturated rings. The van der Waals surface area contributed by atoms with Crippen LogP contribution in [0.4, 0.5) is 5.69 Å². The zero-order valence-electron chi connectivity index (χ0n) is 11.1. The third-order valence-electron chi connectivity index (χ3n) is 3.38. The quantitative estimate of drug-likeness (QED) is 0.612. The molecule has 1 saturated carbocycles. The summed E-state index contributed by atoms with van der Waals surface area (Å²) < 4.78 is 0. The Labute approximate surface area is 114 Å². The molecule has 1 aromatic heterocycles. The van der Waals surface area contributed by atoms with Gasteiger partial charge in [0.15, 0.2) is 0 Å². The maximum absolute atomic E-state index is 5.78. The number of hydrogen-bond acceptors (Lipinski definition) is 3. The van der Waals surface area contributed by atoms with Gasteiger partial charge >= 0.3 is 0 Å². The molecular weight excluding hydrogens is 242 g/mol. The fourth-order valence-corrected chi connectivity index (χ4v) is 2.56. The summed E-state index contributed by atoms with van der Waals surface area (Å²) in [6.07, 6.45) is 5.39. The first-order valence-electron chi connectivity index (χ1n) is 6.60. The van der Waals surface area contributed by atoms with E-state index in [1.165, 1.54) is 25.7 Å². The van der Waals surface area contributed by atoms with Crippen molar-refractivity contribution >= 4 is 22.9 Å². The van der Waals surface area contributed by atoms with Gasteiger partial charge in [0, 0.05) is 23.6 Å². The third kappa shape index (κ3) is 3.42. The molecule has 98 valence electrons. The van der Waals surface area contributed by atoms with Crippen LogP contribution in [0.3, 0.4) is 0 Å². The Morgan fingerprint density at radius 3 is 2.83 bits per heavy atom. The van der Waals surface area contributed by atoms with Crippen LogP contribution < -0.4 is 11.1 Å². The smallest absolute Gasteiger partial charge is 0.107 e. The molecule has 0 radical (unpaired) electrons. The molecule has 0 unspecified atom stereocenters. The normalized spacial score (nSPS) is 14.6. The van der Waals surface area contributed by atoms with Crippen LogP contribution in [-0.2, 0) is 0 Å². The van der Waals surface area contributed by atoms with E-state index < -0.39 is 0 Å². The van der Waals surface area contributed by atoms with Crippen LogP contribution in [0.25, 0.3) is 0 Å². The summed E-state index contributed by atoms with van der Waals surface area (Å²) in [6.45, 7) is 4.93. The van der Waals surface area contributed by atoms with E-state index in [2.05, 4.69) is 10.3 Å². The van der Waals surface area contributed by atoms with Gasteiger partial charge < -0.3 is 11.1 Å². The topological polar surface area (TPSA) is 50.9 Å². The average molecular weight is 263 g/mol. The number of anilines is 1. The first-order chi connectivity index (χ1) is 8.58. The van der Waals surface area contributed by atoms with Gasteiger partial charge in [-0.25, -0.2) is 0 Å². The van der Waals surface area contributed by atoms with Crippen LogP contribution in [0.15, 0.2) is 6.07 Å². The van der Waals surface area contributed by atoms with Gasteiger partial charge in [0.05, 0.1) is 5.56 Å². The monoisotopic (exact) mass is 263 g/mol. The molecular formula is C14H21N3S. The van der Waals surface area contributed by atoms with Gasteiger partial charge in [-0.05, 0) is 38.7 Å². The second-order valence-corrected chi connectivity index (χ2v) is 5.59. The molecule has 0 saturated heterocycles. The molecule has 0 aliphatic heterocycles.